The lowest BCUT2D eigenvalue weighted by Crippen LogP contribution is -2.42. The Hall–Kier alpha value is -0.120. The van der Waals surface area contributed by atoms with Crippen LogP contribution in [0.1, 0.15) is 51.9 Å². The van der Waals surface area contributed by atoms with Crippen LogP contribution in [0.15, 0.2) is 0 Å². The Kier molecular flexibility index (Phi) is 7.01. The van der Waals surface area contributed by atoms with Gasteiger partial charge in [0.25, 0.3) is 0 Å². The quantitative estimate of drug-likeness (QED) is 0.400. The molecule has 3 N–H and O–H groups in total. The van der Waals surface area contributed by atoms with Crippen LogP contribution in [0.2, 0.25) is 0 Å². The van der Waals surface area contributed by atoms with Gasteiger partial charge in [-0.15, -0.1) is 0 Å². The van der Waals surface area contributed by atoms with Gasteiger partial charge in [-0.1, -0.05) is 26.2 Å². The summed E-state index contributed by atoms with van der Waals surface area (Å²) in [5.41, 5.74) is 3.01. The standard InChI is InChI=1S/C13H28N2O/c1-3-11-6-8-12(9-7-11)13(15-14)5-4-10-16-2/h11-13,15H,3-10,14H2,1-2H3. The molecule has 1 unspecified atom stereocenters. The van der Waals surface area contributed by atoms with Crippen LogP contribution in [-0.4, -0.2) is 19.8 Å². The Morgan fingerprint density at radius 2 is 2.00 bits per heavy atom. The van der Waals surface area contributed by atoms with E-state index in [4.69, 9.17) is 10.6 Å². The minimum Gasteiger partial charge on any atom is -0.385 e. The number of hydrogen-bond acceptors (Lipinski definition) is 3. The van der Waals surface area contributed by atoms with Crippen molar-refractivity contribution in [3.8, 4) is 0 Å². The van der Waals surface area contributed by atoms with Gasteiger partial charge in [0.05, 0.1) is 0 Å². The van der Waals surface area contributed by atoms with Gasteiger partial charge in [-0.2, -0.15) is 0 Å². The Labute approximate surface area is 100 Å². The molecule has 0 amide bonds. The third kappa shape index (κ3) is 4.40. The van der Waals surface area contributed by atoms with Crippen molar-refractivity contribution in [2.24, 2.45) is 17.7 Å². The summed E-state index contributed by atoms with van der Waals surface area (Å²) < 4.78 is 5.09. The van der Waals surface area contributed by atoms with Crippen molar-refractivity contribution in [1.29, 1.82) is 0 Å². The van der Waals surface area contributed by atoms with Crippen molar-refractivity contribution in [2.75, 3.05) is 13.7 Å². The average Bonchev–Trinajstić information content (AvgIpc) is 2.35. The molecule has 96 valence electrons. The molecule has 0 saturated heterocycles. The van der Waals surface area contributed by atoms with E-state index in [1.165, 1.54) is 32.1 Å². The zero-order valence-electron chi connectivity index (χ0n) is 10.9. The van der Waals surface area contributed by atoms with E-state index in [9.17, 15) is 0 Å². The van der Waals surface area contributed by atoms with Gasteiger partial charge in [-0.25, -0.2) is 0 Å². The third-order valence-electron chi connectivity index (χ3n) is 4.12. The van der Waals surface area contributed by atoms with Gasteiger partial charge in [0.15, 0.2) is 0 Å². The number of nitrogens with two attached hydrogens (primary N) is 1. The van der Waals surface area contributed by atoms with Gasteiger partial charge in [-0.3, -0.25) is 11.3 Å². The Morgan fingerprint density at radius 1 is 1.31 bits per heavy atom. The van der Waals surface area contributed by atoms with Crippen LogP contribution < -0.4 is 11.3 Å². The Bertz CT molecular complexity index is 165. The fourth-order valence-electron chi connectivity index (χ4n) is 2.90. The molecule has 0 aromatic heterocycles. The summed E-state index contributed by atoms with van der Waals surface area (Å²) in [6, 6.07) is 0.493. The largest absolute Gasteiger partial charge is 0.385 e. The van der Waals surface area contributed by atoms with Crippen LogP contribution in [0.5, 0.6) is 0 Å². The van der Waals surface area contributed by atoms with Crippen molar-refractivity contribution < 1.29 is 4.74 Å². The molecule has 16 heavy (non-hydrogen) atoms. The first-order valence-electron chi connectivity index (χ1n) is 6.76. The highest BCUT2D eigenvalue weighted by atomic mass is 16.5. The smallest absolute Gasteiger partial charge is 0.0462 e. The molecule has 1 aliphatic rings. The molecular weight excluding hydrogens is 200 g/mol. The summed E-state index contributed by atoms with van der Waals surface area (Å²) in [5, 5.41) is 0. The van der Waals surface area contributed by atoms with Crippen LogP contribution in [-0.2, 0) is 4.74 Å². The van der Waals surface area contributed by atoms with Crippen LogP contribution in [0.25, 0.3) is 0 Å². The molecule has 0 aromatic rings. The highest BCUT2D eigenvalue weighted by Crippen LogP contribution is 2.33. The second-order valence-corrected chi connectivity index (χ2v) is 5.10. The topological polar surface area (TPSA) is 47.3 Å². The SMILES string of the molecule is CCC1CCC(C(CCCOC)NN)CC1. The predicted molar refractivity (Wildman–Crippen MR) is 68.0 cm³/mol. The highest BCUT2D eigenvalue weighted by molar-refractivity contribution is 4.80. The molecule has 3 heteroatoms. The number of methoxy groups -OCH3 is 1. The number of nitrogens with one attached hydrogen (secondary N) is 1. The molecule has 1 saturated carbocycles. The van der Waals surface area contributed by atoms with Crippen molar-refractivity contribution in [2.45, 2.75) is 57.9 Å². The first-order chi connectivity index (χ1) is 7.81. The first kappa shape index (κ1) is 13.9. The molecule has 0 radical (unpaired) electrons. The highest BCUT2D eigenvalue weighted by Gasteiger charge is 2.25. The maximum Gasteiger partial charge on any atom is 0.0462 e. The lowest BCUT2D eigenvalue weighted by Gasteiger charge is -2.33. The monoisotopic (exact) mass is 228 g/mol. The summed E-state index contributed by atoms with van der Waals surface area (Å²) >= 11 is 0. The minimum atomic E-state index is 0.493. The Morgan fingerprint density at radius 3 is 2.50 bits per heavy atom. The second kappa shape index (κ2) is 8.04. The molecule has 1 aliphatic carbocycles. The van der Waals surface area contributed by atoms with Crippen molar-refractivity contribution in [1.82, 2.24) is 5.43 Å². The second-order valence-electron chi connectivity index (χ2n) is 5.10. The van der Waals surface area contributed by atoms with E-state index in [0.717, 1.165) is 31.3 Å². The van der Waals surface area contributed by atoms with E-state index in [1.54, 1.807) is 7.11 Å². The zero-order chi connectivity index (χ0) is 11.8. The molecule has 0 aliphatic heterocycles. The van der Waals surface area contributed by atoms with E-state index in [1.807, 2.05) is 0 Å². The lowest BCUT2D eigenvalue weighted by molar-refractivity contribution is 0.170. The number of rotatable bonds is 7. The Balaban J connectivity index is 2.25. The van der Waals surface area contributed by atoms with Crippen LogP contribution in [0.4, 0.5) is 0 Å². The minimum absolute atomic E-state index is 0.493. The normalized spacial score (nSPS) is 27.9. The van der Waals surface area contributed by atoms with Crippen molar-refractivity contribution >= 4 is 0 Å². The summed E-state index contributed by atoms with van der Waals surface area (Å²) in [6.07, 6.45) is 9.08. The molecule has 0 aromatic carbocycles. The molecule has 0 bridgehead atoms. The van der Waals surface area contributed by atoms with Gasteiger partial charge in [0.2, 0.25) is 0 Å². The fraction of sp³-hybridized carbons (Fsp3) is 1.00. The van der Waals surface area contributed by atoms with Gasteiger partial charge in [-0.05, 0) is 37.5 Å². The van der Waals surface area contributed by atoms with Crippen molar-refractivity contribution in [3.63, 3.8) is 0 Å². The first-order valence-corrected chi connectivity index (χ1v) is 6.76. The lowest BCUT2D eigenvalue weighted by atomic mass is 9.77. The van der Waals surface area contributed by atoms with Crippen LogP contribution in [0.3, 0.4) is 0 Å². The molecule has 0 heterocycles. The number of hydrogen-bond donors (Lipinski definition) is 2. The summed E-state index contributed by atoms with van der Waals surface area (Å²) in [7, 11) is 1.76. The molecule has 1 rings (SSSR count). The predicted octanol–water partition coefficient (Wildman–Crippen LogP) is 2.46. The van der Waals surface area contributed by atoms with E-state index in [0.29, 0.717) is 6.04 Å². The van der Waals surface area contributed by atoms with E-state index < -0.39 is 0 Å². The van der Waals surface area contributed by atoms with E-state index in [-0.39, 0.29) is 0 Å². The average molecular weight is 228 g/mol. The maximum absolute atomic E-state index is 5.66. The van der Waals surface area contributed by atoms with Gasteiger partial charge < -0.3 is 4.74 Å². The van der Waals surface area contributed by atoms with E-state index in [2.05, 4.69) is 12.3 Å². The van der Waals surface area contributed by atoms with Gasteiger partial charge in [0.1, 0.15) is 0 Å². The van der Waals surface area contributed by atoms with E-state index >= 15 is 0 Å². The van der Waals surface area contributed by atoms with Crippen molar-refractivity contribution in [3.05, 3.63) is 0 Å². The molecule has 1 atom stereocenters. The number of ether oxygens (including phenoxy) is 1. The summed E-state index contributed by atoms with van der Waals surface area (Å²) in [4.78, 5) is 0. The summed E-state index contributed by atoms with van der Waals surface area (Å²) in [6.45, 7) is 3.16. The molecule has 3 nitrogen and oxygen atoms in total. The molecular formula is C13H28N2O. The maximum atomic E-state index is 5.66. The molecule has 1 fully saturated rings. The fourth-order valence-corrected chi connectivity index (χ4v) is 2.90. The molecule has 0 spiro atoms. The summed E-state index contributed by atoms with van der Waals surface area (Å²) in [5.74, 6) is 7.41. The van der Waals surface area contributed by atoms with Crippen LogP contribution in [0, 0.1) is 11.8 Å². The third-order valence-corrected chi connectivity index (χ3v) is 4.12. The van der Waals surface area contributed by atoms with Gasteiger partial charge >= 0.3 is 0 Å². The van der Waals surface area contributed by atoms with Crippen LogP contribution >= 0.6 is 0 Å². The zero-order valence-corrected chi connectivity index (χ0v) is 10.9. The van der Waals surface area contributed by atoms with Gasteiger partial charge in [0, 0.05) is 19.8 Å². The number of hydrazine groups is 1.